The van der Waals surface area contributed by atoms with Crippen LogP contribution in [0.1, 0.15) is 18.9 Å². The standard InChI is InChI=1S/C13H15BrN2/c14-11-1-2-13-10(9-11)5-8-16(13)12-3-6-15-7-4-12/h1-2,5,8-9,12,15H,3-4,6-7H2. The number of fused-ring (bicyclic) bond motifs is 1. The molecular weight excluding hydrogens is 264 g/mol. The van der Waals surface area contributed by atoms with Gasteiger partial charge in [0.1, 0.15) is 0 Å². The van der Waals surface area contributed by atoms with E-state index >= 15 is 0 Å². The molecule has 1 aliphatic rings. The minimum atomic E-state index is 0.667. The van der Waals surface area contributed by atoms with Gasteiger partial charge in [-0.3, -0.25) is 0 Å². The fourth-order valence-electron chi connectivity index (χ4n) is 2.54. The summed E-state index contributed by atoms with van der Waals surface area (Å²) in [6.45, 7) is 2.28. The Kier molecular flexibility index (Phi) is 2.74. The van der Waals surface area contributed by atoms with Gasteiger partial charge in [0.2, 0.25) is 0 Å². The summed E-state index contributed by atoms with van der Waals surface area (Å²) in [5.74, 6) is 0. The van der Waals surface area contributed by atoms with Gasteiger partial charge in [-0.2, -0.15) is 0 Å². The van der Waals surface area contributed by atoms with E-state index in [0.29, 0.717) is 6.04 Å². The zero-order chi connectivity index (χ0) is 11.0. The predicted octanol–water partition coefficient (Wildman–Crippen LogP) is 3.33. The van der Waals surface area contributed by atoms with Crippen LogP contribution in [0.3, 0.4) is 0 Å². The molecular formula is C13H15BrN2. The number of nitrogens with one attached hydrogen (secondary N) is 1. The summed E-state index contributed by atoms with van der Waals surface area (Å²) in [7, 11) is 0. The maximum atomic E-state index is 3.52. The number of rotatable bonds is 1. The highest BCUT2D eigenvalue weighted by Crippen LogP contribution is 2.27. The topological polar surface area (TPSA) is 17.0 Å². The number of nitrogens with zero attached hydrogens (tertiary/aromatic N) is 1. The van der Waals surface area contributed by atoms with Crippen LogP contribution < -0.4 is 5.32 Å². The molecule has 2 aromatic rings. The number of hydrogen-bond donors (Lipinski definition) is 1. The van der Waals surface area contributed by atoms with Crippen molar-refractivity contribution < 1.29 is 0 Å². The molecule has 0 saturated carbocycles. The Morgan fingerprint density at radius 1 is 1.19 bits per heavy atom. The van der Waals surface area contributed by atoms with Crippen molar-refractivity contribution in [3.05, 3.63) is 34.9 Å². The Bertz CT molecular complexity index is 498. The smallest absolute Gasteiger partial charge is 0.0483 e. The van der Waals surface area contributed by atoms with Gasteiger partial charge in [-0.25, -0.2) is 0 Å². The molecule has 1 aromatic carbocycles. The molecule has 3 heteroatoms. The molecule has 0 spiro atoms. The molecule has 0 radical (unpaired) electrons. The molecule has 0 aliphatic carbocycles. The molecule has 1 fully saturated rings. The van der Waals surface area contributed by atoms with Crippen molar-refractivity contribution >= 4 is 26.8 Å². The van der Waals surface area contributed by atoms with Crippen LogP contribution in [-0.4, -0.2) is 17.7 Å². The Morgan fingerprint density at radius 3 is 2.81 bits per heavy atom. The van der Waals surface area contributed by atoms with Gasteiger partial charge in [0.25, 0.3) is 0 Å². The van der Waals surface area contributed by atoms with Crippen molar-refractivity contribution in [1.29, 1.82) is 0 Å². The van der Waals surface area contributed by atoms with Crippen molar-refractivity contribution in [2.24, 2.45) is 0 Å². The van der Waals surface area contributed by atoms with E-state index in [0.717, 1.165) is 17.6 Å². The van der Waals surface area contributed by atoms with Crippen LogP contribution in [0, 0.1) is 0 Å². The second kappa shape index (κ2) is 4.22. The molecule has 0 unspecified atom stereocenters. The maximum absolute atomic E-state index is 3.52. The van der Waals surface area contributed by atoms with Crippen molar-refractivity contribution in [2.75, 3.05) is 13.1 Å². The van der Waals surface area contributed by atoms with E-state index < -0.39 is 0 Å². The van der Waals surface area contributed by atoms with Crippen molar-refractivity contribution in [3.63, 3.8) is 0 Å². The molecule has 0 amide bonds. The minimum absolute atomic E-state index is 0.667. The number of benzene rings is 1. The van der Waals surface area contributed by atoms with Crippen LogP contribution in [0.2, 0.25) is 0 Å². The van der Waals surface area contributed by atoms with E-state index in [1.54, 1.807) is 0 Å². The van der Waals surface area contributed by atoms with Gasteiger partial charge in [0.05, 0.1) is 0 Å². The third-order valence-electron chi connectivity index (χ3n) is 3.38. The largest absolute Gasteiger partial charge is 0.344 e. The zero-order valence-corrected chi connectivity index (χ0v) is 10.7. The quantitative estimate of drug-likeness (QED) is 0.847. The third-order valence-corrected chi connectivity index (χ3v) is 3.88. The first-order valence-electron chi connectivity index (χ1n) is 5.81. The molecule has 3 rings (SSSR count). The monoisotopic (exact) mass is 278 g/mol. The van der Waals surface area contributed by atoms with E-state index in [-0.39, 0.29) is 0 Å². The Morgan fingerprint density at radius 2 is 2.00 bits per heavy atom. The summed E-state index contributed by atoms with van der Waals surface area (Å²) in [6.07, 6.45) is 4.70. The lowest BCUT2D eigenvalue weighted by molar-refractivity contribution is 0.376. The molecule has 16 heavy (non-hydrogen) atoms. The van der Waals surface area contributed by atoms with E-state index in [2.05, 4.69) is 56.3 Å². The summed E-state index contributed by atoms with van der Waals surface area (Å²) in [5.41, 5.74) is 1.36. The van der Waals surface area contributed by atoms with Gasteiger partial charge in [-0.15, -0.1) is 0 Å². The minimum Gasteiger partial charge on any atom is -0.344 e. The average Bonchev–Trinajstić information content (AvgIpc) is 2.73. The first-order chi connectivity index (χ1) is 7.84. The summed E-state index contributed by atoms with van der Waals surface area (Å²) >= 11 is 3.52. The second-order valence-electron chi connectivity index (χ2n) is 4.41. The fourth-order valence-corrected chi connectivity index (χ4v) is 2.92. The number of aromatic nitrogens is 1. The van der Waals surface area contributed by atoms with Crippen molar-refractivity contribution in [1.82, 2.24) is 9.88 Å². The summed E-state index contributed by atoms with van der Waals surface area (Å²) < 4.78 is 3.59. The molecule has 0 bridgehead atoms. The molecule has 2 heterocycles. The summed E-state index contributed by atoms with van der Waals surface area (Å²) in [5, 5.41) is 4.74. The predicted molar refractivity (Wildman–Crippen MR) is 70.8 cm³/mol. The number of piperidine rings is 1. The highest BCUT2D eigenvalue weighted by molar-refractivity contribution is 9.10. The van der Waals surface area contributed by atoms with Crippen LogP contribution in [0.5, 0.6) is 0 Å². The zero-order valence-electron chi connectivity index (χ0n) is 9.12. The lowest BCUT2D eigenvalue weighted by Gasteiger charge is -2.25. The highest BCUT2D eigenvalue weighted by Gasteiger charge is 2.15. The SMILES string of the molecule is Brc1ccc2c(ccn2C2CCNCC2)c1. The molecule has 0 atom stereocenters. The average molecular weight is 279 g/mol. The van der Waals surface area contributed by atoms with Gasteiger partial charge >= 0.3 is 0 Å². The molecule has 1 N–H and O–H groups in total. The van der Waals surface area contributed by atoms with Crippen molar-refractivity contribution in [3.8, 4) is 0 Å². The Hall–Kier alpha value is -0.800. The van der Waals surface area contributed by atoms with Crippen LogP contribution in [0.4, 0.5) is 0 Å². The second-order valence-corrected chi connectivity index (χ2v) is 5.32. The summed E-state index contributed by atoms with van der Waals surface area (Å²) in [6, 6.07) is 9.40. The van der Waals surface area contributed by atoms with Gasteiger partial charge < -0.3 is 9.88 Å². The van der Waals surface area contributed by atoms with Gasteiger partial charge in [0.15, 0.2) is 0 Å². The molecule has 1 aliphatic heterocycles. The van der Waals surface area contributed by atoms with Crippen LogP contribution in [0.25, 0.3) is 10.9 Å². The Balaban J connectivity index is 2.03. The molecule has 1 aromatic heterocycles. The lowest BCUT2D eigenvalue weighted by atomic mass is 10.1. The molecule has 84 valence electrons. The normalized spacial score (nSPS) is 18.1. The first-order valence-corrected chi connectivity index (χ1v) is 6.61. The summed E-state index contributed by atoms with van der Waals surface area (Å²) in [4.78, 5) is 0. The van der Waals surface area contributed by atoms with Crippen LogP contribution in [-0.2, 0) is 0 Å². The fraction of sp³-hybridized carbons (Fsp3) is 0.385. The molecule has 1 saturated heterocycles. The molecule has 2 nitrogen and oxygen atoms in total. The first kappa shape index (κ1) is 10.4. The van der Waals surface area contributed by atoms with E-state index in [1.165, 1.54) is 23.7 Å². The highest BCUT2D eigenvalue weighted by atomic mass is 79.9. The van der Waals surface area contributed by atoms with Crippen LogP contribution in [0.15, 0.2) is 34.9 Å². The Labute approximate surface area is 104 Å². The number of halogens is 1. The van der Waals surface area contributed by atoms with E-state index in [1.807, 2.05) is 0 Å². The lowest BCUT2D eigenvalue weighted by Crippen LogP contribution is -2.29. The van der Waals surface area contributed by atoms with Gasteiger partial charge in [0, 0.05) is 27.6 Å². The van der Waals surface area contributed by atoms with Crippen molar-refractivity contribution in [2.45, 2.75) is 18.9 Å². The third kappa shape index (κ3) is 1.78. The van der Waals surface area contributed by atoms with E-state index in [9.17, 15) is 0 Å². The number of hydrogen-bond acceptors (Lipinski definition) is 1. The maximum Gasteiger partial charge on any atom is 0.0483 e. The van der Waals surface area contributed by atoms with Gasteiger partial charge in [-0.1, -0.05) is 15.9 Å². The van der Waals surface area contributed by atoms with Gasteiger partial charge in [-0.05, 0) is 50.2 Å². The van der Waals surface area contributed by atoms with E-state index in [4.69, 9.17) is 0 Å². The van der Waals surface area contributed by atoms with Crippen LogP contribution >= 0.6 is 15.9 Å².